The molecule has 172 valence electrons. The number of Topliss-reactive ketones (excluding diaryl/α,β-unsaturated/α-hetero) is 1. The van der Waals surface area contributed by atoms with Gasteiger partial charge in [-0.3, -0.25) is 4.79 Å². The summed E-state index contributed by atoms with van der Waals surface area (Å²) in [6.07, 6.45) is 4.97. The predicted molar refractivity (Wildman–Crippen MR) is 126 cm³/mol. The second-order valence-corrected chi connectivity index (χ2v) is 9.40. The minimum Gasteiger partial charge on any atom is -0.356 e. The first-order valence-corrected chi connectivity index (χ1v) is 11.9. The number of benzene rings is 2. The molecule has 0 saturated carbocycles. The van der Waals surface area contributed by atoms with E-state index in [2.05, 4.69) is 15.0 Å². The van der Waals surface area contributed by atoms with Gasteiger partial charge in [0.2, 0.25) is 0 Å². The molecule has 2 aliphatic rings. The highest BCUT2D eigenvalue weighted by atomic mass is 19.1. The largest absolute Gasteiger partial charge is 0.356 e. The van der Waals surface area contributed by atoms with Gasteiger partial charge >= 0.3 is 0 Å². The van der Waals surface area contributed by atoms with Crippen molar-refractivity contribution in [3.05, 3.63) is 77.5 Å². The highest BCUT2D eigenvalue weighted by Gasteiger charge is 2.31. The van der Waals surface area contributed by atoms with Crippen LogP contribution in [-0.4, -0.2) is 45.4 Å². The maximum atomic E-state index is 13.5. The van der Waals surface area contributed by atoms with Crippen molar-refractivity contribution in [1.82, 2.24) is 20.0 Å². The van der Waals surface area contributed by atoms with Crippen molar-refractivity contribution in [2.24, 2.45) is 5.92 Å². The van der Waals surface area contributed by atoms with E-state index >= 15 is 0 Å². The molecule has 1 aliphatic heterocycles. The van der Waals surface area contributed by atoms with Crippen LogP contribution in [0.1, 0.15) is 46.9 Å². The van der Waals surface area contributed by atoms with Gasteiger partial charge in [0.05, 0.1) is 17.0 Å². The molecule has 0 N–H and O–H groups in total. The van der Waals surface area contributed by atoms with Gasteiger partial charge in [-0.05, 0) is 50.4 Å². The second kappa shape index (κ2) is 8.72. The number of carbonyl (C=O) groups excluding carboxylic acids is 1. The standard InChI is InChI=1S/C27H25FN4O2/c28-20-6-7-21-25(14-20)34-31-26(21)18-8-10-32(11-9-18)16-17-12-23-22(24(33)13-17)15-29-27(30-23)19-4-2-1-3-5-19/h1-7,14-15,17-18H,8-13,16H2. The maximum absolute atomic E-state index is 13.5. The zero-order chi connectivity index (χ0) is 23.1. The van der Waals surface area contributed by atoms with E-state index in [-0.39, 0.29) is 17.5 Å². The van der Waals surface area contributed by atoms with Crippen molar-refractivity contribution < 1.29 is 13.7 Å². The summed E-state index contributed by atoms with van der Waals surface area (Å²) in [5.41, 5.74) is 3.94. The van der Waals surface area contributed by atoms with Gasteiger partial charge in [0.25, 0.3) is 0 Å². The first-order valence-electron chi connectivity index (χ1n) is 11.9. The normalized spacial score (nSPS) is 19.4. The van der Waals surface area contributed by atoms with E-state index in [0.717, 1.165) is 61.2 Å². The summed E-state index contributed by atoms with van der Waals surface area (Å²) < 4.78 is 18.8. The lowest BCUT2D eigenvalue weighted by Gasteiger charge is -2.34. The zero-order valence-corrected chi connectivity index (χ0v) is 18.8. The van der Waals surface area contributed by atoms with Crippen LogP contribution < -0.4 is 0 Å². The van der Waals surface area contributed by atoms with Crippen molar-refractivity contribution in [3.8, 4) is 11.4 Å². The molecule has 2 aromatic heterocycles. The number of halogens is 1. The van der Waals surface area contributed by atoms with Crippen LogP contribution in [0.15, 0.2) is 59.3 Å². The summed E-state index contributed by atoms with van der Waals surface area (Å²) in [6.45, 7) is 2.76. The van der Waals surface area contributed by atoms with Crippen molar-refractivity contribution in [1.29, 1.82) is 0 Å². The molecular weight excluding hydrogens is 431 g/mol. The third-order valence-electron chi connectivity index (χ3n) is 7.11. The number of hydrogen-bond donors (Lipinski definition) is 0. The van der Waals surface area contributed by atoms with Crippen LogP contribution in [0.25, 0.3) is 22.4 Å². The Kier molecular flexibility index (Phi) is 5.41. The van der Waals surface area contributed by atoms with Gasteiger partial charge in [-0.25, -0.2) is 14.4 Å². The van der Waals surface area contributed by atoms with E-state index in [1.165, 1.54) is 12.1 Å². The minimum atomic E-state index is -0.310. The van der Waals surface area contributed by atoms with E-state index in [0.29, 0.717) is 29.3 Å². The van der Waals surface area contributed by atoms with Crippen molar-refractivity contribution in [2.45, 2.75) is 31.6 Å². The molecule has 0 bridgehead atoms. The Balaban J connectivity index is 1.12. The van der Waals surface area contributed by atoms with E-state index < -0.39 is 0 Å². The average molecular weight is 457 g/mol. The Morgan fingerprint density at radius 2 is 1.88 bits per heavy atom. The molecule has 3 heterocycles. The van der Waals surface area contributed by atoms with Crippen LogP contribution in [0.3, 0.4) is 0 Å². The fourth-order valence-corrected chi connectivity index (χ4v) is 5.36. The molecule has 0 amide bonds. The number of rotatable bonds is 4. The summed E-state index contributed by atoms with van der Waals surface area (Å²) in [6, 6.07) is 14.5. The molecule has 0 radical (unpaired) electrons. The molecule has 6 rings (SSSR count). The lowest BCUT2D eigenvalue weighted by molar-refractivity contribution is 0.0919. The number of aromatic nitrogens is 3. The molecule has 0 spiro atoms. The predicted octanol–water partition coefficient (Wildman–Crippen LogP) is 5.05. The van der Waals surface area contributed by atoms with Crippen LogP contribution >= 0.6 is 0 Å². The third-order valence-corrected chi connectivity index (χ3v) is 7.11. The summed E-state index contributed by atoms with van der Waals surface area (Å²) in [5.74, 6) is 1.06. The van der Waals surface area contributed by atoms with Gasteiger partial charge in [0, 0.05) is 42.1 Å². The smallest absolute Gasteiger partial charge is 0.170 e. The van der Waals surface area contributed by atoms with Crippen LogP contribution in [-0.2, 0) is 6.42 Å². The topological polar surface area (TPSA) is 72.1 Å². The van der Waals surface area contributed by atoms with Crippen LogP contribution in [0, 0.1) is 11.7 Å². The van der Waals surface area contributed by atoms with Crippen LogP contribution in [0.5, 0.6) is 0 Å². The highest BCUT2D eigenvalue weighted by molar-refractivity contribution is 5.98. The number of ketones is 1. The monoisotopic (exact) mass is 456 g/mol. The lowest BCUT2D eigenvalue weighted by Crippen LogP contribution is -2.39. The summed E-state index contributed by atoms with van der Waals surface area (Å²) in [5, 5.41) is 5.16. The molecule has 1 unspecified atom stereocenters. The zero-order valence-electron chi connectivity index (χ0n) is 18.8. The van der Waals surface area contributed by atoms with Gasteiger partial charge in [-0.15, -0.1) is 0 Å². The van der Waals surface area contributed by atoms with E-state index in [1.54, 1.807) is 12.3 Å². The van der Waals surface area contributed by atoms with Crippen molar-refractivity contribution in [2.75, 3.05) is 19.6 Å². The van der Waals surface area contributed by atoms with E-state index in [1.807, 2.05) is 30.3 Å². The number of carbonyl (C=O) groups is 1. The average Bonchev–Trinajstić information content (AvgIpc) is 3.28. The molecule has 1 aliphatic carbocycles. The molecule has 1 saturated heterocycles. The Morgan fingerprint density at radius 3 is 2.71 bits per heavy atom. The lowest BCUT2D eigenvalue weighted by atomic mass is 9.85. The molecule has 7 heteroatoms. The molecule has 4 aromatic rings. The highest BCUT2D eigenvalue weighted by Crippen LogP contribution is 2.34. The molecule has 6 nitrogen and oxygen atoms in total. The first-order chi connectivity index (χ1) is 16.6. The van der Waals surface area contributed by atoms with Gasteiger partial charge in [0.1, 0.15) is 5.82 Å². The molecule has 1 atom stereocenters. The van der Waals surface area contributed by atoms with Gasteiger partial charge in [-0.2, -0.15) is 0 Å². The Labute approximate surface area is 196 Å². The molecule has 2 aromatic carbocycles. The second-order valence-electron chi connectivity index (χ2n) is 9.40. The van der Waals surface area contributed by atoms with Gasteiger partial charge < -0.3 is 9.42 Å². The minimum absolute atomic E-state index is 0.141. The maximum Gasteiger partial charge on any atom is 0.170 e. The van der Waals surface area contributed by atoms with Crippen LogP contribution in [0.4, 0.5) is 4.39 Å². The number of piperidine rings is 1. The Morgan fingerprint density at radius 1 is 1.06 bits per heavy atom. The van der Waals surface area contributed by atoms with E-state index in [4.69, 9.17) is 9.51 Å². The summed E-state index contributed by atoms with van der Waals surface area (Å²) in [7, 11) is 0. The van der Waals surface area contributed by atoms with Gasteiger partial charge in [0.15, 0.2) is 17.2 Å². The first kappa shape index (κ1) is 21.1. The fourth-order valence-electron chi connectivity index (χ4n) is 5.36. The van der Waals surface area contributed by atoms with E-state index in [9.17, 15) is 9.18 Å². The van der Waals surface area contributed by atoms with Gasteiger partial charge in [-0.1, -0.05) is 35.5 Å². The van der Waals surface area contributed by atoms with Crippen molar-refractivity contribution in [3.63, 3.8) is 0 Å². The number of likely N-dealkylation sites (tertiary alicyclic amines) is 1. The SMILES string of the molecule is O=C1CC(CN2CCC(c3noc4cc(F)ccc34)CC2)Cc2nc(-c3ccccc3)ncc21. The molecule has 34 heavy (non-hydrogen) atoms. The Hall–Kier alpha value is -3.45. The molecule has 1 fully saturated rings. The molecular formula is C27H25FN4O2. The van der Waals surface area contributed by atoms with Crippen LogP contribution in [0.2, 0.25) is 0 Å². The number of fused-ring (bicyclic) bond motifs is 2. The summed E-state index contributed by atoms with van der Waals surface area (Å²) >= 11 is 0. The number of nitrogens with zero attached hydrogens (tertiary/aromatic N) is 4. The van der Waals surface area contributed by atoms with Crippen molar-refractivity contribution >= 4 is 16.8 Å². The fraction of sp³-hybridized carbons (Fsp3) is 0.333. The Bertz CT molecular complexity index is 1350. The quantitative estimate of drug-likeness (QED) is 0.428. The number of hydrogen-bond acceptors (Lipinski definition) is 6. The third kappa shape index (κ3) is 4.01. The summed E-state index contributed by atoms with van der Waals surface area (Å²) in [4.78, 5) is 24.4.